The highest BCUT2D eigenvalue weighted by molar-refractivity contribution is 7.73. The number of rotatable bonds is 3. The zero-order valence-electron chi connectivity index (χ0n) is 12.9. The number of amides is 1. The quantitative estimate of drug-likeness (QED) is 0.538. The number of tetrazole rings is 1. The van der Waals surface area contributed by atoms with Crippen molar-refractivity contribution in [3.8, 4) is 11.4 Å². The molecule has 2 N–H and O–H groups in total. The van der Waals surface area contributed by atoms with E-state index in [4.69, 9.17) is 12.2 Å². The number of pyridine rings is 1. The predicted molar refractivity (Wildman–Crippen MR) is 97.2 cm³/mol. The maximum Gasteiger partial charge on any atom is 0.259 e. The van der Waals surface area contributed by atoms with Crippen LogP contribution in [0.15, 0.2) is 36.4 Å². The van der Waals surface area contributed by atoms with Crippen LogP contribution in [0.5, 0.6) is 0 Å². The lowest BCUT2D eigenvalue weighted by Gasteiger charge is -2.16. The number of carbonyl (C=O) groups excluding carboxylic acids is 1. The Labute approximate surface area is 150 Å². The Hall–Kier alpha value is -2.98. The third-order valence-electron chi connectivity index (χ3n) is 3.66. The normalized spacial score (nSPS) is 10.9. The van der Waals surface area contributed by atoms with Gasteiger partial charge in [0.25, 0.3) is 5.91 Å². The van der Waals surface area contributed by atoms with Gasteiger partial charge < -0.3 is 4.98 Å². The van der Waals surface area contributed by atoms with Crippen LogP contribution in [0.2, 0.25) is 0 Å². The topological polar surface area (TPSA) is 103 Å². The summed E-state index contributed by atoms with van der Waals surface area (Å²) in [6, 6.07) is 10.7. The van der Waals surface area contributed by atoms with E-state index in [1.54, 1.807) is 37.4 Å². The number of hydrogen-bond donors (Lipinski definition) is 2. The molecule has 4 aromatic rings. The van der Waals surface area contributed by atoms with Gasteiger partial charge in [0, 0.05) is 18.2 Å². The Bertz CT molecular complexity index is 1100. The molecule has 0 aliphatic carbocycles. The molecule has 0 saturated heterocycles. The zero-order chi connectivity index (χ0) is 17.4. The fraction of sp³-hybridized carbons (Fsp3) is 0.0667. The van der Waals surface area contributed by atoms with Crippen LogP contribution in [0.25, 0.3) is 21.7 Å². The number of aromatic amines is 2. The molecule has 3 aromatic heterocycles. The highest BCUT2D eigenvalue weighted by Crippen LogP contribution is 2.22. The van der Waals surface area contributed by atoms with Gasteiger partial charge in [-0.15, -0.1) is 10.2 Å². The Morgan fingerprint density at radius 1 is 1.20 bits per heavy atom. The van der Waals surface area contributed by atoms with Crippen molar-refractivity contribution in [2.45, 2.75) is 0 Å². The van der Waals surface area contributed by atoms with Crippen LogP contribution in [0.3, 0.4) is 0 Å². The molecule has 0 bridgehead atoms. The van der Waals surface area contributed by atoms with Crippen LogP contribution in [-0.4, -0.2) is 43.5 Å². The van der Waals surface area contributed by atoms with Crippen LogP contribution in [-0.2, 0) is 0 Å². The maximum atomic E-state index is 12.7. The number of thiazole rings is 1. The number of carbonyl (C=O) groups is 1. The van der Waals surface area contributed by atoms with E-state index in [2.05, 4.69) is 30.6 Å². The molecule has 0 saturated carbocycles. The lowest BCUT2D eigenvalue weighted by molar-refractivity contribution is 0.0992. The molecule has 0 fully saturated rings. The van der Waals surface area contributed by atoms with Crippen molar-refractivity contribution in [3.63, 3.8) is 0 Å². The highest BCUT2D eigenvalue weighted by Gasteiger charge is 2.16. The van der Waals surface area contributed by atoms with Gasteiger partial charge in [0.2, 0.25) is 5.82 Å². The first-order chi connectivity index (χ1) is 12.1. The molecule has 0 aliphatic heterocycles. The van der Waals surface area contributed by atoms with E-state index in [9.17, 15) is 4.79 Å². The largest absolute Gasteiger partial charge is 0.336 e. The van der Waals surface area contributed by atoms with Crippen LogP contribution in [0, 0.1) is 3.95 Å². The first kappa shape index (κ1) is 15.5. The minimum atomic E-state index is -0.161. The third kappa shape index (κ3) is 2.92. The van der Waals surface area contributed by atoms with Gasteiger partial charge in [0.05, 0.1) is 5.52 Å². The number of H-pyrrole nitrogens is 2. The van der Waals surface area contributed by atoms with Gasteiger partial charge in [-0.2, -0.15) is 5.21 Å². The number of nitrogens with zero attached hydrogens (tertiary/aromatic N) is 5. The summed E-state index contributed by atoms with van der Waals surface area (Å²) >= 11 is 6.50. The van der Waals surface area contributed by atoms with Crippen LogP contribution in [0.1, 0.15) is 10.4 Å². The average Bonchev–Trinajstić information content (AvgIpc) is 3.28. The van der Waals surface area contributed by atoms with E-state index in [1.807, 2.05) is 6.07 Å². The molecule has 0 atom stereocenters. The first-order valence-electron chi connectivity index (χ1n) is 7.23. The first-order valence-corrected chi connectivity index (χ1v) is 8.46. The van der Waals surface area contributed by atoms with Gasteiger partial charge in [-0.3, -0.25) is 9.69 Å². The minimum Gasteiger partial charge on any atom is -0.336 e. The van der Waals surface area contributed by atoms with E-state index in [0.29, 0.717) is 21.2 Å². The number of nitrogens with one attached hydrogen (secondary N) is 2. The van der Waals surface area contributed by atoms with Crippen molar-refractivity contribution in [2.75, 3.05) is 11.9 Å². The summed E-state index contributed by atoms with van der Waals surface area (Å²) in [5.41, 5.74) is 2.18. The maximum absolute atomic E-state index is 12.7. The fourth-order valence-corrected chi connectivity index (χ4v) is 3.41. The smallest absolute Gasteiger partial charge is 0.259 e. The second kappa shape index (κ2) is 6.15. The summed E-state index contributed by atoms with van der Waals surface area (Å²) in [5, 5.41) is 13.7. The minimum absolute atomic E-state index is 0.161. The van der Waals surface area contributed by atoms with Crippen LogP contribution in [0.4, 0.5) is 5.82 Å². The number of fused-ring (bicyclic) bond motifs is 1. The summed E-state index contributed by atoms with van der Waals surface area (Å²) in [7, 11) is 1.69. The van der Waals surface area contributed by atoms with Crippen LogP contribution < -0.4 is 4.90 Å². The van der Waals surface area contributed by atoms with Crippen molar-refractivity contribution in [2.24, 2.45) is 0 Å². The Morgan fingerprint density at radius 2 is 2.00 bits per heavy atom. The Kier molecular flexibility index (Phi) is 3.82. The Balaban J connectivity index is 1.61. The van der Waals surface area contributed by atoms with Crippen molar-refractivity contribution in [1.29, 1.82) is 0 Å². The molecule has 25 heavy (non-hydrogen) atoms. The van der Waals surface area contributed by atoms with E-state index in [1.165, 1.54) is 16.2 Å². The SMILES string of the molecule is CN(C(=O)c1ccc(-c2nn[nH]n2)cc1)c1ccc2[nH]c(=S)sc2n1. The molecule has 0 spiro atoms. The number of anilines is 1. The molecule has 0 aliphatic rings. The summed E-state index contributed by atoms with van der Waals surface area (Å²) < 4.78 is 0.658. The van der Waals surface area contributed by atoms with Gasteiger partial charge in [0.1, 0.15) is 10.6 Å². The van der Waals surface area contributed by atoms with Gasteiger partial charge in [-0.05, 0) is 41.7 Å². The molecular weight excluding hydrogens is 358 g/mol. The summed E-state index contributed by atoms with van der Waals surface area (Å²) in [6.45, 7) is 0. The van der Waals surface area contributed by atoms with Crippen molar-refractivity contribution < 1.29 is 4.79 Å². The third-order valence-corrected chi connectivity index (χ3v) is 4.80. The standard InChI is InChI=1S/C15H11N7OS2/c1-22(11-7-6-10-13(17-11)25-15(24)16-10)14(23)9-4-2-8(3-5-9)12-18-20-21-19-12/h2-7H,1H3,(H,16,24)(H,18,19,20,21). The second-order valence-corrected chi connectivity index (χ2v) is 6.88. The monoisotopic (exact) mass is 369 g/mol. The van der Waals surface area contributed by atoms with Gasteiger partial charge in [0.15, 0.2) is 3.95 Å². The number of benzene rings is 1. The van der Waals surface area contributed by atoms with Gasteiger partial charge >= 0.3 is 0 Å². The van der Waals surface area contributed by atoms with E-state index in [0.717, 1.165) is 15.9 Å². The van der Waals surface area contributed by atoms with Crippen molar-refractivity contribution in [3.05, 3.63) is 45.9 Å². The molecule has 0 radical (unpaired) electrons. The summed E-state index contributed by atoms with van der Waals surface area (Å²) in [5.74, 6) is 0.878. The molecule has 1 amide bonds. The van der Waals surface area contributed by atoms with E-state index in [-0.39, 0.29) is 5.91 Å². The molecule has 124 valence electrons. The molecular formula is C15H11N7OS2. The lowest BCUT2D eigenvalue weighted by atomic mass is 10.1. The molecule has 1 aromatic carbocycles. The highest BCUT2D eigenvalue weighted by atomic mass is 32.1. The Morgan fingerprint density at radius 3 is 2.72 bits per heavy atom. The number of hydrogen-bond acceptors (Lipinski definition) is 7. The molecule has 3 heterocycles. The van der Waals surface area contributed by atoms with E-state index >= 15 is 0 Å². The molecule has 0 unspecified atom stereocenters. The summed E-state index contributed by atoms with van der Waals surface area (Å²) in [6.07, 6.45) is 0. The number of aromatic nitrogens is 6. The molecule has 4 rings (SSSR count). The zero-order valence-corrected chi connectivity index (χ0v) is 14.6. The molecule has 10 heteroatoms. The van der Waals surface area contributed by atoms with Gasteiger partial charge in [-0.25, -0.2) is 4.98 Å². The lowest BCUT2D eigenvalue weighted by Crippen LogP contribution is -2.26. The van der Waals surface area contributed by atoms with Gasteiger partial charge in [-0.1, -0.05) is 23.5 Å². The predicted octanol–water partition coefficient (Wildman–Crippen LogP) is 2.81. The fourth-order valence-electron chi connectivity index (χ4n) is 2.36. The van der Waals surface area contributed by atoms with Crippen LogP contribution >= 0.6 is 23.6 Å². The second-order valence-electron chi connectivity index (χ2n) is 5.21. The van der Waals surface area contributed by atoms with Crippen molar-refractivity contribution >= 4 is 45.6 Å². The molecule has 8 nitrogen and oxygen atoms in total. The van der Waals surface area contributed by atoms with Crippen molar-refractivity contribution in [1.82, 2.24) is 30.6 Å². The average molecular weight is 369 g/mol. The van der Waals surface area contributed by atoms with E-state index < -0.39 is 0 Å². The summed E-state index contributed by atoms with van der Waals surface area (Å²) in [4.78, 5) is 22.5.